The molecule has 26 heavy (non-hydrogen) atoms. The lowest BCUT2D eigenvalue weighted by Gasteiger charge is -2.09. The molecule has 1 unspecified atom stereocenters. The van der Waals surface area contributed by atoms with Crippen molar-refractivity contribution in [2.75, 3.05) is 23.8 Å². The van der Waals surface area contributed by atoms with E-state index in [1.807, 2.05) is 69.3 Å². The molecule has 1 aliphatic rings. The van der Waals surface area contributed by atoms with Gasteiger partial charge in [-0.1, -0.05) is 29.8 Å². The molecule has 2 aromatic carbocycles. The predicted molar refractivity (Wildman–Crippen MR) is 106 cm³/mol. The zero-order chi connectivity index (χ0) is 18.8. The predicted octanol–water partition coefficient (Wildman–Crippen LogP) is 5.00. The maximum absolute atomic E-state index is 11.9. The Morgan fingerprint density at radius 1 is 1.04 bits per heavy atom. The van der Waals surface area contributed by atoms with Gasteiger partial charge in [-0.15, -0.1) is 0 Å². The highest BCUT2D eigenvalue weighted by atomic mass is 16.6. The van der Waals surface area contributed by atoms with Crippen LogP contribution in [0.3, 0.4) is 0 Å². The number of anilines is 2. The summed E-state index contributed by atoms with van der Waals surface area (Å²) in [6.45, 7) is 7.35. The van der Waals surface area contributed by atoms with Gasteiger partial charge in [-0.2, -0.15) is 0 Å². The van der Waals surface area contributed by atoms with Crippen LogP contribution in [0, 0.1) is 6.92 Å². The lowest BCUT2D eigenvalue weighted by molar-refractivity contribution is 0.262. The van der Waals surface area contributed by atoms with E-state index in [4.69, 9.17) is 9.47 Å². The highest BCUT2D eigenvalue weighted by Crippen LogP contribution is 2.18. The SMILES string of the molecule is C/C=C\C.Cc1ccc(NC(=O)Nc2ccc(OCC3CO3)cc2)cc1. The Labute approximate surface area is 155 Å². The van der Waals surface area contributed by atoms with Crippen molar-refractivity contribution in [3.05, 3.63) is 66.2 Å². The molecule has 1 aliphatic heterocycles. The third kappa shape index (κ3) is 7.40. The first kappa shape index (κ1) is 19.5. The average molecular weight is 354 g/mol. The van der Waals surface area contributed by atoms with Crippen molar-refractivity contribution in [1.29, 1.82) is 0 Å². The summed E-state index contributed by atoms with van der Waals surface area (Å²) in [5, 5.41) is 5.56. The van der Waals surface area contributed by atoms with Crippen molar-refractivity contribution < 1.29 is 14.3 Å². The highest BCUT2D eigenvalue weighted by Gasteiger charge is 2.22. The van der Waals surface area contributed by atoms with Crippen LogP contribution >= 0.6 is 0 Å². The van der Waals surface area contributed by atoms with E-state index >= 15 is 0 Å². The summed E-state index contributed by atoms with van der Waals surface area (Å²) in [5.74, 6) is 0.764. The highest BCUT2D eigenvalue weighted by molar-refractivity contribution is 5.99. The number of aryl methyl sites for hydroxylation is 1. The van der Waals surface area contributed by atoms with Crippen molar-refractivity contribution in [3.63, 3.8) is 0 Å². The molecule has 0 radical (unpaired) electrons. The molecule has 0 aromatic heterocycles. The van der Waals surface area contributed by atoms with Gasteiger partial charge in [0, 0.05) is 11.4 Å². The molecule has 1 saturated heterocycles. The van der Waals surface area contributed by atoms with Crippen LogP contribution in [0.2, 0.25) is 0 Å². The number of urea groups is 1. The van der Waals surface area contributed by atoms with Crippen molar-refractivity contribution in [1.82, 2.24) is 0 Å². The summed E-state index contributed by atoms with van der Waals surface area (Å²) in [5.41, 5.74) is 2.62. The number of epoxide rings is 1. The summed E-state index contributed by atoms with van der Waals surface area (Å²) >= 11 is 0. The number of benzene rings is 2. The molecule has 1 fully saturated rings. The smallest absolute Gasteiger partial charge is 0.323 e. The minimum atomic E-state index is -0.274. The fourth-order valence-electron chi connectivity index (χ4n) is 1.92. The normalized spacial score (nSPS) is 15.0. The Hall–Kier alpha value is -2.79. The van der Waals surface area contributed by atoms with Gasteiger partial charge in [0.25, 0.3) is 0 Å². The van der Waals surface area contributed by atoms with Gasteiger partial charge in [-0.25, -0.2) is 4.79 Å². The van der Waals surface area contributed by atoms with E-state index in [1.165, 1.54) is 0 Å². The number of allylic oxidation sites excluding steroid dienone is 2. The minimum Gasteiger partial charge on any atom is -0.491 e. The second-order valence-corrected chi connectivity index (χ2v) is 5.90. The first-order chi connectivity index (χ1) is 12.6. The largest absolute Gasteiger partial charge is 0.491 e. The van der Waals surface area contributed by atoms with Gasteiger partial charge in [0.05, 0.1) is 6.61 Å². The second kappa shape index (κ2) is 10.3. The van der Waals surface area contributed by atoms with Gasteiger partial charge in [0.1, 0.15) is 18.5 Å². The summed E-state index contributed by atoms with van der Waals surface area (Å²) < 4.78 is 10.6. The van der Waals surface area contributed by atoms with Gasteiger partial charge in [0.2, 0.25) is 0 Å². The molecule has 0 aliphatic carbocycles. The molecule has 0 saturated carbocycles. The summed E-state index contributed by atoms with van der Waals surface area (Å²) in [6.07, 6.45) is 4.23. The molecule has 3 rings (SSSR count). The van der Waals surface area contributed by atoms with Crippen molar-refractivity contribution in [3.8, 4) is 5.75 Å². The number of nitrogens with one attached hydrogen (secondary N) is 2. The molecule has 1 heterocycles. The van der Waals surface area contributed by atoms with Crippen molar-refractivity contribution in [2.45, 2.75) is 26.9 Å². The number of rotatable bonds is 5. The van der Waals surface area contributed by atoms with Crippen LogP contribution in [0.5, 0.6) is 5.75 Å². The topological polar surface area (TPSA) is 62.9 Å². The van der Waals surface area contributed by atoms with Crippen LogP contribution in [0.4, 0.5) is 16.2 Å². The zero-order valence-electron chi connectivity index (χ0n) is 15.5. The lowest BCUT2D eigenvalue weighted by atomic mass is 10.2. The van der Waals surface area contributed by atoms with Crippen LogP contribution in [0.15, 0.2) is 60.7 Å². The van der Waals surface area contributed by atoms with Crippen molar-refractivity contribution >= 4 is 17.4 Å². The maximum atomic E-state index is 11.9. The number of ether oxygens (including phenoxy) is 2. The Bertz CT molecular complexity index is 701. The zero-order valence-corrected chi connectivity index (χ0v) is 15.5. The standard InChI is InChI=1S/C17H18N2O3.C4H8/c1-12-2-4-13(5-3-12)18-17(20)19-14-6-8-15(9-7-14)21-10-16-11-22-16;1-3-4-2/h2-9,16H,10-11H2,1H3,(H2,18,19,20);3-4H,1-2H3/b;4-3-. The number of hydrogen-bond acceptors (Lipinski definition) is 3. The molecule has 0 spiro atoms. The van der Waals surface area contributed by atoms with Crippen molar-refractivity contribution in [2.24, 2.45) is 0 Å². The van der Waals surface area contributed by atoms with Crippen LogP contribution in [-0.2, 0) is 4.74 Å². The van der Waals surface area contributed by atoms with Gasteiger partial charge in [-0.3, -0.25) is 0 Å². The van der Waals surface area contributed by atoms with E-state index in [0.29, 0.717) is 12.3 Å². The fourth-order valence-corrected chi connectivity index (χ4v) is 1.92. The van der Waals surface area contributed by atoms with Crippen LogP contribution < -0.4 is 15.4 Å². The average Bonchev–Trinajstić information content (AvgIpc) is 3.48. The first-order valence-corrected chi connectivity index (χ1v) is 8.67. The Kier molecular flexibility index (Phi) is 7.71. The number of carbonyl (C=O) groups is 1. The molecule has 1 atom stereocenters. The Morgan fingerprint density at radius 3 is 2.00 bits per heavy atom. The first-order valence-electron chi connectivity index (χ1n) is 8.67. The molecule has 2 aromatic rings. The van der Waals surface area contributed by atoms with E-state index in [-0.39, 0.29) is 12.1 Å². The fraction of sp³-hybridized carbons (Fsp3) is 0.286. The molecule has 5 nitrogen and oxygen atoms in total. The van der Waals surface area contributed by atoms with E-state index < -0.39 is 0 Å². The van der Waals surface area contributed by atoms with Gasteiger partial charge < -0.3 is 20.1 Å². The lowest BCUT2D eigenvalue weighted by Crippen LogP contribution is -2.19. The minimum absolute atomic E-state index is 0.234. The summed E-state index contributed by atoms with van der Waals surface area (Å²) in [4.78, 5) is 11.9. The van der Waals surface area contributed by atoms with Crippen LogP contribution in [-0.4, -0.2) is 25.3 Å². The maximum Gasteiger partial charge on any atom is 0.323 e. The monoisotopic (exact) mass is 354 g/mol. The van der Waals surface area contributed by atoms with E-state index in [2.05, 4.69) is 10.6 Å². The van der Waals surface area contributed by atoms with Gasteiger partial charge in [-0.05, 0) is 57.2 Å². The van der Waals surface area contributed by atoms with E-state index in [1.54, 1.807) is 12.1 Å². The molecule has 2 N–H and O–H groups in total. The summed E-state index contributed by atoms with van der Waals surface area (Å²) in [7, 11) is 0. The van der Waals surface area contributed by atoms with Crippen LogP contribution in [0.1, 0.15) is 19.4 Å². The molecule has 138 valence electrons. The molecule has 2 amide bonds. The quantitative estimate of drug-likeness (QED) is 0.587. The third-order valence-electron chi connectivity index (χ3n) is 3.59. The number of amides is 2. The molecular weight excluding hydrogens is 328 g/mol. The van der Waals surface area contributed by atoms with Gasteiger partial charge >= 0.3 is 6.03 Å². The molecule has 0 bridgehead atoms. The Balaban J connectivity index is 0.000000552. The van der Waals surface area contributed by atoms with Gasteiger partial charge in [0.15, 0.2) is 0 Å². The number of carbonyl (C=O) groups excluding carboxylic acids is 1. The van der Waals surface area contributed by atoms with E-state index in [0.717, 1.165) is 23.6 Å². The van der Waals surface area contributed by atoms with E-state index in [9.17, 15) is 4.79 Å². The third-order valence-corrected chi connectivity index (χ3v) is 3.59. The number of hydrogen-bond donors (Lipinski definition) is 2. The molecule has 5 heteroatoms. The summed E-state index contributed by atoms with van der Waals surface area (Å²) in [6, 6.07) is 14.6. The molecular formula is C21H26N2O3. The van der Waals surface area contributed by atoms with Crippen LogP contribution in [0.25, 0.3) is 0 Å². The Morgan fingerprint density at radius 2 is 1.54 bits per heavy atom. The second-order valence-electron chi connectivity index (χ2n) is 5.90.